The molecule has 0 amide bonds. The average Bonchev–Trinajstić information content (AvgIpc) is 3.10. The molecule has 2 N–H and O–H groups in total. The van der Waals surface area contributed by atoms with Gasteiger partial charge in [-0.1, -0.05) is 47.5 Å². The molecule has 2 unspecified atom stereocenters. The van der Waals surface area contributed by atoms with Gasteiger partial charge in [0.2, 0.25) is 0 Å². The van der Waals surface area contributed by atoms with Crippen LogP contribution in [0.4, 0.5) is 0 Å². The van der Waals surface area contributed by atoms with Crippen LogP contribution in [0.15, 0.2) is 48.5 Å². The molecule has 150 valence electrons. The van der Waals surface area contributed by atoms with Gasteiger partial charge in [-0.2, -0.15) is 0 Å². The molecule has 8 heteroatoms. The van der Waals surface area contributed by atoms with E-state index in [2.05, 4.69) is 0 Å². The van der Waals surface area contributed by atoms with Gasteiger partial charge in [-0.15, -0.1) is 0 Å². The van der Waals surface area contributed by atoms with Crippen molar-refractivity contribution in [3.63, 3.8) is 0 Å². The Labute approximate surface area is 172 Å². The first-order valence-corrected chi connectivity index (χ1v) is 9.68. The van der Waals surface area contributed by atoms with Gasteiger partial charge in [-0.3, -0.25) is 0 Å². The number of benzene rings is 2. The number of fused-ring (bicyclic) bond motifs is 1. The number of rotatable bonds is 3. The summed E-state index contributed by atoms with van der Waals surface area (Å²) >= 11 is 12.1. The Hall–Kier alpha value is -1.22. The Bertz CT molecular complexity index is 819. The van der Waals surface area contributed by atoms with Crippen LogP contribution in [0, 0.1) is 0 Å². The topological polar surface area (TPSA) is 77.4 Å². The van der Waals surface area contributed by atoms with Gasteiger partial charge >= 0.3 is 0 Å². The van der Waals surface area contributed by atoms with Gasteiger partial charge in [-0.25, -0.2) is 0 Å². The van der Waals surface area contributed by atoms with Crippen molar-refractivity contribution in [1.29, 1.82) is 0 Å². The number of halogens is 2. The van der Waals surface area contributed by atoms with E-state index in [0.29, 0.717) is 15.6 Å². The minimum Gasteiger partial charge on any atom is -0.394 e. The quantitative estimate of drug-likeness (QED) is 0.784. The molecule has 4 rings (SSSR count). The summed E-state index contributed by atoms with van der Waals surface area (Å²) in [6.45, 7) is -0.274. The Morgan fingerprint density at radius 1 is 0.893 bits per heavy atom. The van der Waals surface area contributed by atoms with E-state index in [4.69, 9.17) is 42.1 Å². The summed E-state index contributed by atoms with van der Waals surface area (Å²) in [6, 6.07) is 14.2. The lowest BCUT2D eigenvalue weighted by Gasteiger charge is -2.34. The van der Waals surface area contributed by atoms with E-state index in [1.807, 2.05) is 6.07 Å². The summed E-state index contributed by atoms with van der Waals surface area (Å²) in [5.74, 6) is 0. The Kier molecular flexibility index (Phi) is 6.20. The zero-order valence-corrected chi connectivity index (χ0v) is 16.3. The molecule has 28 heavy (non-hydrogen) atoms. The Morgan fingerprint density at radius 2 is 1.54 bits per heavy atom. The highest BCUT2D eigenvalue weighted by Gasteiger charge is 2.46. The molecule has 6 atom stereocenters. The van der Waals surface area contributed by atoms with Crippen LogP contribution in [0.25, 0.3) is 0 Å². The van der Waals surface area contributed by atoms with Gasteiger partial charge in [0.1, 0.15) is 24.4 Å². The van der Waals surface area contributed by atoms with Crippen molar-refractivity contribution >= 4 is 23.2 Å². The van der Waals surface area contributed by atoms with Crippen molar-refractivity contribution in [1.82, 2.24) is 0 Å². The van der Waals surface area contributed by atoms with Gasteiger partial charge in [0.25, 0.3) is 0 Å². The minimum absolute atomic E-state index is 0.133. The van der Waals surface area contributed by atoms with Gasteiger partial charge in [0.15, 0.2) is 12.6 Å². The zero-order valence-electron chi connectivity index (χ0n) is 14.8. The summed E-state index contributed by atoms with van der Waals surface area (Å²) in [6.07, 6.45) is -4.79. The maximum absolute atomic E-state index is 10.8. The van der Waals surface area contributed by atoms with E-state index in [9.17, 15) is 10.2 Å². The van der Waals surface area contributed by atoms with E-state index in [-0.39, 0.29) is 6.61 Å². The highest BCUT2D eigenvalue weighted by Crippen LogP contribution is 2.38. The Balaban J connectivity index is 1.56. The first-order valence-electron chi connectivity index (χ1n) is 8.93. The van der Waals surface area contributed by atoms with E-state index in [0.717, 1.165) is 5.56 Å². The van der Waals surface area contributed by atoms with E-state index in [1.165, 1.54) is 0 Å². The van der Waals surface area contributed by atoms with Crippen LogP contribution >= 0.6 is 23.2 Å². The first-order chi connectivity index (χ1) is 13.5. The summed E-state index contributed by atoms with van der Waals surface area (Å²) in [5.41, 5.74) is 1.42. The lowest BCUT2D eigenvalue weighted by atomic mass is 10.0. The van der Waals surface area contributed by atoms with Gasteiger partial charge in [-0.05, 0) is 24.3 Å². The average molecular weight is 427 g/mol. The number of ether oxygens (including phenoxy) is 4. The maximum atomic E-state index is 10.8. The highest BCUT2D eigenvalue weighted by atomic mass is 35.5. The second-order valence-corrected chi connectivity index (χ2v) is 7.60. The molecule has 2 aromatic rings. The molecule has 2 aliphatic heterocycles. The molecule has 2 heterocycles. The van der Waals surface area contributed by atoms with Gasteiger partial charge < -0.3 is 29.2 Å². The molecule has 0 bridgehead atoms. The number of aliphatic hydroxyl groups is 2. The third-order valence-corrected chi connectivity index (χ3v) is 5.27. The zero-order chi connectivity index (χ0) is 19.7. The maximum Gasteiger partial charge on any atom is 0.185 e. The van der Waals surface area contributed by atoms with Crippen molar-refractivity contribution in [2.75, 3.05) is 13.2 Å². The highest BCUT2D eigenvalue weighted by molar-refractivity contribution is 6.30. The number of hydrogen-bond acceptors (Lipinski definition) is 6. The van der Waals surface area contributed by atoms with E-state index in [1.54, 1.807) is 42.5 Å². The lowest BCUT2D eigenvalue weighted by Crippen LogP contribution is -2.49. The molecule has 0 radical (unpaired) electrons. The van der Waals surface area contributed by atoms with Crippen LogP contribution in [0.2, 0.25) is 10.0 Å². The van der Waals surface area contributed by atoms with Crippen LogP contribution in [0.3, 0.4) is 0 Å². The lowest BCUT2D eigenvalue weighted by molar-refractivity contribution is -0.241. The van der Waals surface area contributed by atoms with Crippen molar-refractivity contribution in [3.05, 3.63) is 69.7 Å². The molecule has 0 aromatic heterocycles. The fourth-order valence-electron chi connectivity index (χ4n) is 3.39. The molecule has 2 fully saturated rings. The second-order valence-electron chi connectivity index (χ2n) is 6.73. The summed E-state index contributed by atoms with van der Waals surface area (Å²) in [4.78, 5) is 0. The first kappa shape index (κ1) is 20.1. The normalized spacial score (nSPS) is 33.1. The van der Waals surface area contributed by atoms with Crippen molar-refractivity contribution in [2.45, 2.75) is 37.0 Å². The van der Waals surface area contributed by atoms with E-state index >= 15 is 0 Å². The van der Waals surface area contributed by atoms with Crippen LogP contribution in [-0.4, -0.2) is 47.8 Å². The number of aliphatic hydroxyl groups excluding tert-OH is 2. The standard InChI is InChI=1S/C20H20Cl2O6/c21-13-5-1-3-11(7-13)19-25-10-16-18(17(24)15(9-23)26-19)28-20(27-16)12-4-2-6-14(22)8-12/h1-8,15-20,23-24H,9-10H2/t15-,16+,17+,18+,19?,20?/m0/s1. The van der Waals surface area contributed by atoms with Crippen molar-refractivity contribution in [2.24, 2.45) is 0 Å². The van der Waals surface area contributed by atoms with Crippen LogP contribution in [0.1, 0.15) is 23.7 Å². The van der Waals surface area contributed by atoms with Crippen LogP contribution in [0.5, 0.6) is 0 Å². The predicted molar refractivity (Wildman–Crippen MR) is 102 cm³/mol. The van der Waals surface area contributed by atoms with E-state index < -0.39 is 43.6 Å². The van der Waals surface area contributed by atoms with Gasteiger partial charge in [0.05, 0.1) is 13.2 Å². The molecule has 2 aliphatic rings. The molecule has 6 nitrogen and oxygen atoms in total. The molecular weight excluding hydrogens is 407 g/mol. The molecule has 2 aromatic carbocycles. The van der Waals surface area contributed by atoms with Crippen LogP contribution in [-0.2, 0) is 18.9 Å². The fraction of sp³-hybridized carbons (Fsp3) is 0.400. The summed E-state index contributed by atoms with van der Waals surface area (Å²) in [5, 5.41) is 21.6. The predicted octanol–water partition coefficient (Wildman–Crippen LogP) is 3.24. The minimum atomic E-state index is -1.11. The molecular formula is C20H20Cl2O6. The molecule has 0 spiro atoms. The smallest absolute Gasteiger partial charge is 0.185 e. The third-order valence-electron chi connectivity index (χ3n) is 4.79. The third kappa shape index (κ3) is 4.20. The SMILES string of the molecule is OC[C@@H]1OC(c2cccc(Cl)c2)OC[C@H]2OC(c3cccc(Cl)c3)O[C@H]2[C@@H]1O. The van der Waals surface area contributed by atoms with Gasteiger partial charge in [0, 0.05) is 21.2 Å². The molecule has 2 saturated heterocycles. The Morgan fingerprint density at radius 3 is 2.14 bits per heavy atom. The molecule has 0 aliphatic carbocycles. The number of hydrogen-bond donors (Lipinski definition) is 2. The largest absolute Gasteiger partial charge is 0.394 e. The fourth-order valence-corrected chi connectivity index (χ4v) is 3.79. The molecule has 0 saturated carbocycles. The van der Waals surface area contributed by atoms with Crippen LogP contribution < -0.4 is 0 Å². The van der Waals surface area contributed by atoms with Crippen molar-refractivity contribution in [3.8, 4) is 0 Å². The monoisotopic (exact) mass is 426 g/mol. The summed E-state index contributed by atoms with van der Waals surface area (Å²) < 4.78 is 23.6. The second kappa shape index (κ2) is 8.65. The van der Waals surface area contributed by atoms with Crippen molar-refractivity contribution < 1.29 is 29.2 Å². The summed E-state index contributed by atoms with van der Waals surface area (Å²) in [7, 11) is 0.